The van der Waals surface area contributed by atoms with Crippen molar-refractivity contribution in [2.24, 2.45) is 17.8 Å². The summed E-state index contributed by atoms with van der Waals surface area (Å²) < 4.78 is 264. The van der Waals surface area contributed by atoms with Gasteiger partial charge in [-0.15, -0.1) is 0 Å². The van der Waals surface area contributed by atoms with Gasteiger partial charge < -0.3 is 42.3 Å². The molecule has 556 valence electrons. The summed E-state index contributed by atoms with van der Waals surface area (Å²) in [6.07, 6.45) is -7.18. The van der Waals surface area contributed by atoms with Gasteiger partial charge in [-0.2, -0.15) is 31.3 Å². The molecule has 3 aliphatic heterocycles. The number of hydrogen-bond acceptors (Lipinski definition) is 17. The third kappa shape index (κ3) is 15.1. The summed E-state index contributed by atoms with van der Waals surface area (Å²) in [7, 11) is -11.1. The van der Waals surface area contributed by atoms with Crippen molar-refractivity contribution >= 4 is 47.2 Å². The van der Waals surface area contributed by atoms with Crippen LogP contribution in [0.4, 0.5) is 52.7 Å². The van der Waals surface area contributed by atoms with Gasteiger partial charge in [-0.25, -0.2) is 51.6 Å². The number of nitrogens with zero attached hydrogens (tertiary/aromatic N) is 5. The molecule has 3 amide bonds. The number of aromatic nitrogens is 2. The molecule has 9 atom stereocenters. The van der Waals surface area contributed by atoms with Crippen molar-refractivity contribution in [2.75, 3.05) is 58.0 Å². The van der Waals surface area contributed by atoms with E-state index in [1.807, 2.05) is 0 Å². The number of likely N-dealkylation sites (tertiary alicyclic amines) is 3. The van der Waals surface area contributed by atoms with Crippen molar-refractivity contribution in [1.29, 1.82) is 0 Å². The highest BCUT2D eigenvalue weighted by Gasteiger charge is 2.67. The Bertz CT molecular complexity index is 4210. The Morgan fingerprint density at radius 1 is 0.490 bits per heavy atom. The molecule has 20 nitrogen and oxygen atoms in total. The molecule has 7 aliphatic rings. The molecular formula is C67H71F12N5O15S3. The fraction of sp³-hybridized carbons (Fsp3) is 0.537. The number of amides is 3. The molecule has 6 heterocycles. The number of fused-ring (bicyclic) bond motifs is 3. The van der Waals surface area contributed by atoms with E-state index in [0.29, 0.717) is 51.5 Å². The van der Waals surface area contributed by atoms with Gasteiger partial charge in [0.15, 0.2) is 53.6 Å². The maximum atomic E-state index is 13.8. The number of hydrogen-bond donors (Lipinski definition) is 0. The van der Waals surface area contributed by atoms with Crippen LogP contribution in [-0.2, 0) is 63.5 Å². The highest BCUT2D eigenvalue weighted by atomic mass is 32.2. The predicted molar refractivity (Wildman–Crippen MR) is 336 cm³/mol. The molecule has 4 saturated carbocycles. The minimum atomic E-state index is -4.64. The summed E-state index contributed by atoms with van der Waals surface area (Å²) in [4.78, 5) is 48.6. The maximum Gasteiger partial charge on any atom is 0.449 e. The Kier molecular flexibility index (Phi) is 18.6. The average molecular weight is 1510 g/mol. The van der Waals surface area contributed by atoms with Gasteiger partial charge in [0.1, 0.15) is 28.8 Å². The quantitative estimate of drug-likeness (QED) is 0.0683. The van der Waals surface area contributed by atoms with E-state index in [2.05, 4.69) is 17.1 Å². The Hall–Kier alpha value is -7.82. The normalized spacial score (nSPS) is 24.4. The topological polar surface area (TPSA) is 256 Å². The number of rotatable bonds is 19. The summed E-state index contributed by atoms with van der Waals surface area (Å²) in [5.74, 6) is -12.8. The monoisotopic (exact) mass is 1510 g/mol. The second-order valence-corrected chi connectivity index (χ2v) is 34.5. The van der Waals surface area contributed by atoms with Crippen LogP contribution in [0.15, 0.2) is 107 Å². The number of furan rings is 2. The summed E-state index contributed by atoms with van der Waals surface area (Å²) in [5.41, 5.74) is -2.47. The molecule has 4 aliphatic carbocycles. The molecule has 3 saturated heterocycles. The van der Waals surface area contributed by atoms with E-state index in [0.717, 1.165) is 107 Å². The zero-order valence-electron chi connectivity index (χ0n) is 56.4. The maximum absolute atomic E-state index is 13.8. The minimum absolute atomic E-state index is 0.0450. The van der Waals surface area contributed by atoms with Crippen LogP contribution in [0.3, 0.4) is 0 Å². The van der Waals surface area contributed by atoms with Crippen LogP contribution >= 0.6 is 0 Å². The first-order valence-electron chi connectivity index (χ1n) is 32.0. The molecule has 6 aromatic rings. The lowest BCUT2D eigenvalue weighted by atomic mass is 10.0. The van der Waals surface area contributed by atoms with Crippen LogP contribution in [0.5, 0.6) is 17.2 Å². The molecular weight excluding hydrogens is 1440 g/mol. The average Bonchev–Trinajstić information content (AvgIpc) is 1.55. The number of carbonyl (C=O) groups is 3. The second-order valence-electron chi connectivity index (χ2n) is 28.5. The van der Waals surface area contributed by atoms with Crippen molar-refractivity contribution in [3.63, 3.8) is 0 Å². The molecule has 3 aromatic heterocycles. The van der Waals surface area contributed by atoms with E-state index < -0.39 is 118 Å². The number of piperidine rings is 3. The summed E-state index contributed by atoms with van der Waals surface area (Å²) in [6.45, 7) is 8.81. The number of alkyl halides is 12. The van der Waals surface area contributed by atoms with Crippen LogP contribution in [0, 0.1) is 17.8 Å². The smallest absolute Gasteiger partial charge is 0.449 e. The Morgan fingerprint density at radius 2 is 0.794 bits per heavy atom. The minimum Gasteiger partial charge on any atom is -0.484 e. The van der Waals surface area contributed by atoms with E-state index in [4.69, 9.17) is 27.6 Å². The molecule has 102 heavy (non-hydrogen) atoms. The van der Waals surface area contributed by atoms with Gasteiger partial charge >= 0.3 is 12.4 Å². The fourth-order valence-corrected chi connectivity index (χ4v) is 15.0. The van der Waals surface area contributed by atoms with Crippen LogP contribution in [-0.4, -0.2) is 162 Å². The number of sulfone groups is 3. The first-order valence-corrected chi connectivity index (χ1v) is 37.7. The number of ether oxygens (including phenoxy) is 3. The van der Waals surface area contributed by atoms with E-state index in [1.165, 1.54) is 47.1 Å². The fourth-order valence-electron chi connectivity index (χ4n) is 13.0. The van der Waals surface area contributed by atoms with Crippen molar-refractivity contribution in [3.8, 4) is 17.2 Å². The predicted octanol–water partition coefficient (Wildman–Crippen LogP) is 12.4. The number of carbonyl (C=O) groups excluding carboxylic acids is 3. The van der Waals surface area contributed by atoms with Gasteiger partial charge in [0.05, 0.1) is 47.6 Å². The number of benzene rings is 3. The van der Waals surface area contributed by atoms with E-state index in [1.54, 1.807) is 4.90 Å². The lowest BCUT2D eigenvalue weighted by Gasteiger charge is -2.25. The molecule has 0 N–H and O–H groups in total. The van der Waals surface area contributed by atoms with Gasteiger partial charge in [0, 0.05) is 84.2 Å². The largest absolute Gasteiger partial charge is 0.484 e. The van der Waals surface area contributed by atoms with Gasteiger partial charge in [-0.05, 0) is 149 Å². The molecule has 7 fully saturated rings. The molecule has 0 spiro atoms. The first kappa shape index (κ1) is 75.3. The Balaban J connectivity index is 0.000000154. The Labute approximate surface area is 578 Å². The van der Waals surface area contributed by atoms with E-state index in [-0.39, 0.29) is 115 Å². The molecule has 35 heteroatoms. The van der Waals surface area contributed by atoms with Crippen molar-refractivity contribution in [2.45, 2.75) is 165 Å². The van der Waals surface area contributed by atoms with Gasteiger partial charge in [0.2, 0.25) is 17.4 Å². The molecule has 0 radical (unpaired) electrons. The molecule has 0 bridgehead atoms. The highest BCUT2D eigenvalue weighted by Crippen LogP contribution is 2.62. The standard InChI is InChI=1S/C23H27F2N3O5S.2C22H22F5NO5S/c1-13(22(3,24)25)32-17-6-5-15(34(4,30)31)9-16(17)18(29)28-11-14-10-23(14,12-28)19-26-20(33-27-19)21(2)7-8-21;2*1-12(20(2,23)24)32-16-5-4-14(34(3,30)31)8-15(16)19(29)28-10-13-9-21(13,11-28)17-6-7-18(33-17)22(25,26)27/h5-6,9,13-14H,7-8,10-12H2,1-4H3;2*4-8,12-13H,9-11H2,1-3H3/t13-,14?,23?;2*12-,13?,21?/m010/s1. The van der Waals surface area contributed by atoms with Gasteiger partial charge in [-0.1, -0.05) is 12.1 Å². The summed E-state index contributed by atoms with van der Waals surface area (Å²) in [6, 6.07) is 14.7. The number of halogens is 12. The van der Waals surface area contributed by atoms with Crippen molar-refractivity contribution in [1.82, 2.24) is 24.8 Å². The third-order valence-corrected chi connectivity index (χ3v) is 23.7. The zero-order valence-corrected chi connectivity index (χ0v) is 58.8. The van der Waals surface area contributed by atoms with E-state index in [9.17, 15) is 92.3 Å². The summed E-state index contributed by atoms with van der Waals surface area (Å²) in [5, 5.41) is 4.20. The lowest BCUT2D eigenvalue weighted by molar-refractivity contribution is -0.154. The molecule has 6 unspecified atom stereocenters. The van der Waals surface area contributed by atoms with Crippen LogP contribution in [0.2, 0.25) is 0 Å². The lowest BCUT2D eigenvalue weighted by Crippen LogP contribution is -2.35. The summed E-state index contributed by atoms with van der Waals surface area (Å²) >= 11 is 0. The Morgan fingerprint density at radius 3 is 1.08 bits per heavy atom. The van der Waals surface area contributed by atoms with Crippen LogP contribution in [0.1, 0.15) is 146 Å². The van der Waals surface area contributed by atoms with Crippen LogP contribution in [0.25, 0.3) is 0 Å². The molecule has 3 aromatic carbocycles. The first-order chi connectivity index (χ1) is 46.8. The third-order valence-electron chi connectivity index (χ3n) is 20.3. The molecule has 13 rings (SSSR count). The van der Waals surface area contributed by atoms with Gasteiger partial charge in [0.25, 0.3) is 35.5 Å². The second kappa shape index (κ2) is 25.2. The van der Waals surface area contributed by atoms with E-state index >= 15 is 0 Å². The van der Waals surface area contributed by atoms with Crippen molar-refractivity contribution < 1.29 is 120 Å². The van der Waals surface area contributed by atoms with Crippen LogP contribution < -0.4 is 14.2 Å². The van der Waals surface area contributed by atoms with Gasteiger partial charge in [-0.3, -0.25) is 14.4 Å². The zero-order chi connectivity index (χ0) is 75.2. The van der Waals surface area contributed by atoms with Crippen molar-refractivity contribution in [3.05, 3.63) is 130 Å². The highest BCUT2D eigenvalue weighted by molar-refractivity contribution is 7.91. The SMILES string of the molecule is C[C@@H](Oc1ccc(S(C)(=O)=O)cc1C(=O)N1CC2CC2(c2ccc(C(F)(F)F)o2)C1)C(C)(F)F.C[C@H](Oc1ccc(S(C)(=O)=O)cc1C(=O)N1CC2CC2(c2ccc(C(F)(F)F)o2)C1)C(C)(F)F.C[C@H](Oc1ccc(S(C)(=O)=O)cc1C(=O)N1CC2CC2(c2noc(C3(C)CC3)n2)C1)C(C)(F)F.